The van der Waals surface area contributed by atoms with Crippen LogP contribution < -0.4 is 4.78 Å². The summed E-state index contributed by atoms with van der Waals surface area (Å²) in [7, 11) is -0.260. The molecule has 0 amide bonds. The van der Waals surface area contributed by atoms with Gasteiger partial charge in [-0.2, -0.15) is 0 Å². The second-order valence-electron chi connectivity index (χ2n) is 9.00. The summed E-state index contributed by atoms with van der Waals surface area (Å²) in [5.74, 6) is 0. The zero-order valence-electron chi connectivity index (χ0n) is 18.5. The summed E-state index contributed by atoms with van der Waals surface area (Å²) >= 11 is 3.73. The molecular weight excluding hydrogens is 395 g/mol. The van der Waals surface area contributed by atoms with Gasteiger partial charge in [-0.3, -0.25) is 0 Å². The Kier molecular flexibility index (Phi) is 7.83. The second-order valence-corrected chi connectivity index (χ2v) is 11.3. The van der Waals surface area contributed by atoms with Gasteiger partial charge in [-0.25, -0.2) is 0 Å². The highest BCUT2D eigenvalue weighted by molar-refractivity contribution is 7.28. The molecule has 0 atom stereocenters. The SMILES string of the molecule is C=CCCCCCCCCc1ccc(-c2ccc(B3OC(C)(C)C(C)(C)O3)s2)s1. The van der Waals surface area contributed by atoms with Crippen molar-refractivity contribution in [2.24, 2.45) is 0 Å². The molecule has 1 aliphatic rings. The fourth-order valence-electron chi connectivity index (χ4n) is 3.51. The molecule has 0 saturated carbocycles. The molecule has 0 unspecified atom stereocenters. The van der Waals surface area contributed by atoms with Crippen LogP contribution in [0.15, 0.2) is 36.9 Å². The van der Waals surface area contributed by atoms with Gasteiger partial charge < -0.3 is 9.31 Å². The van der Waals surface area contributed by atoms with Crippen molar-refractivity contribution in [3.05, 3.63) is 41.8 Å². The molecule has 0 radical (unpaired) electrons. The summed E-state index contributed by atoms with van der Waals surface area (Å²) < 4.78 is 13.6. The van der Waals surface area contributed by atoms with Crippen LogP contribution in [0, 0.1) is 0 Å². The van der Waals surface area contributed by atoms with Crippen molar-refractivity contribution in [2.75, 3.05) is 0 Å². The molecule has 3 rings (SSSR count). The topological polar surface area (TPSA) is 18.5 Å². The Hall–Kier alpha value is -0.875. The van der Waals surface area contributed by atoms with Gasteiger partial charge in [0.1, 0.15) is 0 Å². The molecule has 2 aromatic rings. The molecule has 0 aliphatic carbocycles. The maximum absolute atomic E-state index is 6.20. The van der Waals surface area contributed by atoms with E-state index in [1.54, 1.807) is 11.3 Å². The van der Waals surface area contributed by atoms with Gasteiger partial charge in [-0.15, -0.1) is 29.3 Å². The predicted molar refractivity (Wildman–Crippen MR) is 130 cm³/mol. The molecule has 0 spiro atoms. The van der Waals surface area contributed by atoms with Crippen LogP contribution in [0.25, 0.3) is 9.75 Å². The van der Waals surface area contributed by atoms with Crippen LogP contribution in [0.2, 0.25) is 0 Å². The molecule has 1 saturated heterocycles. The smallest absolute Gasteiger partial charge is 0.399 e. The van der Waals surface area contributed by atoms with Gasteiger partial charge in [0.05, 0.1) is 11.2 Å². The van der Waals surface area contributed by atoms with Crippen LogP contribution in [0.3, 0.4) is 0 Å². The van der Waals surface area contributed by atoms with Gasteiger partial charge in [0.2, 0.25) is 0 Å². The Morgan fingerprint density at radius 3 is 2.10 bits per heavy atom. The largest absolute Gasteiger partial charge is 0.505 e. The van der Waals surface area contributed by atoms with E-state index in [0.29, 0.717) is 0 Å². The molecule has 1 fully saturated rings. The summed E-state index contributed by atoms with van der Waals surface area (Å²) in [4.78, 5) is 4.17. The van der Waals surface area contributed by atoms with Crippen LogP contribution in [-0.2, 0) is 15.7 Å². The first kappa shape index (κ1) is 22.8. The molecule has 2 nitrogen and oxygen atoms in total. The van der Waals surface area contributed by atoms with E-state index < -0.39 is 0 Å². The Labute approximate surface area is 185 Å². The molecule has 0 bridgehead atoms. The highest BCUT2D eigenvalue weighted by Crippen LogP contribution is 2.38. The minimum atomic E-state index is -0.288. The Morgan fingerprint density at radius 2 is 1.41 bits per heavy atom. The first-order valence-corrected chi connectivity index (χ1v) is 12.6. The van der Waals surface area contributed by atoms with E-state index in [9.17, 15) is 0 Å². The second kappa shape index (κ2) is 9.95. The van der Waals surface area contributed by atoms with Gasteiger partial charge in [-0.1, -0.05) is 37.8 Å². The zero-order chi connectivity index (χ0) is 20.9. The number of allylic oxidation sites excluding steroid dienone is 1. The standard InChI is InChI=1S/C24H35BO2S2/c1-6-7-8-9-10-11-12-13-14-19-15-16-20(28-19)21-17-18-22(29-21)25-26-23(2,3)24(4,5)27-25/h6,15-18H,1,7-14H2,2-5H3. The van der Waals surface area contributed by atoms with E-state index in [1.807, 2.05) is 17.4 Å². The molecule has 1 aliphatic heterocycles. The van der Waals surface area contributed by atoms with Gasteiger partial charge >= 0.3 is 7.12 Å². The van der Waals surface area contributed by atoms with Crippen molar-refractivity contribution in [3.63, 3.8) is 0 Å². The summed E-state index contributed by atoms with van der Waals surface area (Å²) in [6.07, 6.45) is 12.4. The number of hydrogen-bond donors (Lipinski definition) is 0. The van der Waals surface area contributed by atoms with Crippen LogP contribution in [0.5, 0.6) is 0 Å². The first-order valence-electron chi connectivity index (χ1n) is 11.0. The molecule has 0 aromatic carbocycles. The third-order valence-corrected chi connectivity index (χ3v) is 8.55. The summed E-state index contributed by atoms with van der Waals surface area (Å²) in [5, 5.41) is 0. The predicted octanol–water partition coefficient (Wildman–Crippen LogP) is 7.24. The van der Waals surface area contributed by atoms with E-state index >= 15 is 0 Å². The van der Waals surface area contributed by atoms with Crippen molar-refractivity contribution in [1.82, 2.24) is 0 Å². The molecular formula is C24H35BO2S2. The Morgan fingerprint density at radius 1 is 0.828 bits per heavy atom. The molecule has 2 aromatic heterocycles. The zero-order valence-corrected chi connectivity index (χ0v) is 20.1. The lowest BCUT2D eigenvalue weighted by Gasteiger charge is -2.32. The molecule has 3 heterocycles. The number of hydrogen-bond acceptors (Lipinski definition) is 4. The van der Waals surface area contributed by atoms with Gasteiger partial charge in [0.15, 0.2) is 0 Å². The highest BCUT2D eigenvalue weighted by atomic mass is 32.1. The number of thiophene rings is 2. The van der Waals surface area contributed by atoms with E-state index in [4.69, 9.17) is 9.31 Å². The summed E-state index contributed by atoms with van der Waals surface area (Å²) in [5.41, 5.74) is -0.576. The van der Waals surface area contributed by atoms with Crippen LogP contribution in [0.1, 0.15) is 77.5 Å². The lowest BCUT2D eigenvalue weighted by Crippen LogP contribution is -2.41. The third-order valence-electron chi connectivity index (χ3n) is 6.10. The van der Waals surface area contributed by atoms with E-state index in [-0.39, 0.29) is 18.3 Å². The number of unbranched alkanes of at least 4 members (excludes halogenated alkanes) is 6. The molecule has 29 heavy (non-hydrogen) atoms. The minimum Gasteiger partial charge on any atom is -0.399 e. The Bertz CT molecular complexity index is 774. The monoisotopic (exact) mass is 430 g/mol. The Balaban J connectivity index is 1.47. The first-order chi connectivity index (χ1) is 13.8. The quantitative estimate of drug-likeness (QED) is 0.213. The fourth-order valence-corrected chi connectivity index (χ4v) is 5.62. The lowest BCUT2D eigenvalue weighted by atomic mass is 9.88. The lowest BCUT2D eigenvalue weighted by molar-refractivity contribution is 0.00578. The summed E-state index contributed by atoms with van der Waals surface area (Å²) in [6, 6.07) is 8.95. The van der Waals surface area contributed by atoms with E-state index in [2.05, 4.69) is 58.5 Å². The van der Waals surface area contributed by atoms with E-state index in [1.165, 1.54) is 59.6 Å². The summed E-state index contributed by atoms with van der Waals surface area (Å²) in [6.45, 7) is 12.2. The molecule has 158 valence electrons. The average molecular weight is 430 g/mol. The maximum Gasteiger partial charge on any atom is 0.505 e. The van der Waals surface area contributed by atoms with Crippen molar-refractivity contribution in [1.29, 1.82) is 0 Å². The third kappa shape index (κ3) is 5.84. The van der Waals surface area contributed by atoms with Crippen LogP contribution in [-0.4, -0.2) is 18.3 Å². The van der Waals surface area contributed by atoms with Crippen LogP contribution in [0.4, 0.5) is 0 Å². The van der Waals surface area contributed by atoms with Crippen molar-refractivity contribution in [2.45, 2.75) is 90.3 Å². The van der Waals surface area contributed by atoms with Gasteiger partial charge in [0, 0.05) is 19.4 Å². The minimum absolute atomic E-state index is 0.260. The van der Waals surface area contributed by atoms with Gasteiger partial charge in [0.25, 0.3) is 0 Å². The number of aryl methyl sites for hydroxylation is 1. The fraction of sp³-hybridized carbons (Fsp3) is 0.583. The number of rotatable bonds is 11. The average Bonchev–Trinajstić information content (AvgIpc) is 3.36. The maximum atomic E-state index is 6.20. The molecule has 0 N–H and O–H groups in total. The van der Waals surface area contributed by atoms with Crippen LogP contribution >= 0.6 is 22.7 Å². The normalized spacial score (nSPS) is 17.7. The van der Waals surface area contributed by atoms with E-state index in [0.717, 1.165) is 11.2 Å². The highest BCUT2D eigenvalue weighted by Gasteiger charge is 2.52. The van der Waals surface area contributed by atoms with Crippen molar-refractivity contribution < 1.29 is 9.31 Å². The van der Waals surface area contributed by atoms with Crippen molar-refractivity contribution >= 4 is 34.6 Å². The molecule has 5 heteroatoms. The van der Waals surface area contributed by atoms with Gasteiger partial charge in [-0.05, 0) is 71.6 Å². The van der Waals surface area contributed by atoms with Crippen molar-refractivity contribution in [3.8, 4) is 9.75 Å².